The van der Waals surface area contributed by atoms with E-state index < -0.39 is 21.8 Å². The second-order valence-electron chi connectivity index (χ2n) is 5.12. The summed E-state index contributed by atoms with van der Waals surface area (Å²) >= 11 is 0. The smallest absolute Gasteiger partial charge is 0.303 e. The van der Waals surface area contributed by atoms with Crippen LogP contribution in [-0.4, -0.2) is 36.4 Å². The van der Waals surface area contributed by atoms with Crippen molar-refractivity contribution >= 4 is 16.0 Å². The fourth-order valence-electron chi connectivity index (χ4n) is 2.02. The van der Waals surface area contributed by atoms with Crippen molar-refractivity contribution in [3.63, 3.8) is 0 Å². The maximum absolute atomic E-state index is 13.3. The molecule has 0 aliphatic carbocycles. The zero-order valence-electron chi connectivity index (χ0n) is 12.3. The standard InChI is InChI=1S/C14H20FNO4S/c1-10(2)16(8-4-5-14(17)18)21(19,20)13-9-12(15)7-6-11(13)3/h6-7,9-10H,4-5,8H2,1-3H3,(H,17,18). The number of rotatable bonds is 7. The first-order chi connectivity index (χ1) is 9.66. The number of hydrogen-bond donors (Lipinski definition) is 1. The van der Waals surface area contributed by atoms with Crippen LogP contribution in [0.5, 0.6) is 0 Å². The summed E-state index contributed by atoms with van der Waals surface area (Å²) in [7, 11) is -3.85. The number of carbonyl (C=O) groups is 1. The molecule has 0 bridgehead atoms. The van der Waals surface area contributed by atoms with Crippen molar-refractivity contribution in [1.29, 1.82) is 0 Å². The molecule has 118 valence electrons. The summed E-state index contributed by atoms with van der Waals surface area (Å²) in [6, 6.07) is 3.28. The van der Waals surface area contributed by atoms with E-state index in [0.717, 1.165) is 6.07 Å². The number of benzene rings is 1. The normalized spacial score (nSPS) is 12.1. The van der Waals surface area contributed by atoms with Crippen LogP contribution in [-0.2, 0) is 14.8 Å². The van der Waals surface area contributed by atoms with E-state index in [2.05, 4.69) is 0 Å². The van der Waals surface area contributed by atoms with E-state index in [-0.39, 0.29) is 30.3 Å². The first kappa shape index (κ1) is 17.6. The molecule has 5 nitrogen and oxygen atoms in total. The third-order valence-electron chi connectivity index (χ3n) is 3.08. The third-order valence-corrected chi connectivity index (χ3v) is 5.30. The molecule has 1 rings (SSSR count). The van der Waals surface area contributed by atoms with Crippen molar-refractivity contribution in [2.45, 2.75) is 44.6 Å². The van der Waals surface area contributed by atoms with Gasteiger partial charge < -0.3 is 5.11 Å². The predicted octanol–water partition coefficient (Wildman–Crippen LogP) is 2.40. The van der Waals surface area contributed by atoms with Crippen LogP contribution in [0.1, 0.15) is 32.3 Å². The minimum absolute atomic E-state index is 0.0773. The maximum atomic E-state index is 13.3. The van der Waals surface area contributed by atoms with Crippen LogP contribution in [0.4, 0.5) is 4.39 Å². The molecule has 0 amide bonds. The number of sulfonamides is 1. The molecule has 0 saturated carbocycles. The zero-order valence-corrected chi connectivity index (χ0v) is 13.2. The molecule has 0 radical (unpaired) electrons. The van der Waals surface area contributed by atoms with Gasteiger partial charge in [0.25, 0.3) is 0 Å². The van der Waals surface area contributed by atoms with E-state index in [0.29, 0.717) is 5.56 Å². The number of carboxylic acids is 1. The molecule has 1 aromatic rings. The summed E-state index contributed by atoms with van der Waals surface area (Å²) in [6.45, 7) is 5.09. The van der Waals surface area contributed by atoms with E-state index in [1.807, 2.05) is 0 Å². The van der Waals surface area contributed by atoms with E-state index >= 15 is 0 Å². The van der Waals surface area contributed by atoms with Gasteiger partial charge in [0.2, 0.25) is 10.0 Å². The molecule has 0 saturated heterocycles. The molecular formula is C14H20FNO4S. The van der Waals surface area contributed by atoms with E-state index in [4.69, 9.17) is 5.11 Å². The molecule has 0 aliphatic heterocycles. The molecule has 0 aromatic heterocycles. The highest BCUT2D eigenvalue weighted by molar-refractivity contribution is 7.89. The SMILES string of the molecule is Cc1ccc(F)cc1S(=O)(=O)N(CCCC(=O)O)C(C)C. The quantitative estimate of drug-likeness (QED) is 0.838. The van der Waals surface area contributed by atoms with Gasteiger partial charge in [-0.05, 0) is 44.9 Å². The fourth-order valence-corrected chi connectivity index (χ4v) is 3.93. The van der Waals surface area contributed by atoms with Crippen LogP contribution < -0.4 is 0 Å². The van der Waals surface area contributed by atoms with Gasteiger partial charge in [0, 0.05) is 19.0 Å². The minimum atomic E-state index is -3.85. The number of hydrogen-bond acceptors (Lipinski definition) is 3. The highest BCUT2D eigenvalue weighted by Gasteiger charge is 2.28. The molecule has 21 heavy (non-hydrogen) atoms. The lowest BCUT2D eigenvalue weighted by Crippen LogP contribution is -2.38. The first-order valence-corrected chi connectivity index (χ1v) is 8.10. The zero-order chi connectivity index (χ0) is 16.2. The molecule has 0 atom stereocenters. The number of aryl methyl sites for hydroxylation is 1. The fraction of sp³-hybridized carbons (Fsp3) is 0.500. The van der Waals surface area contributed by atoms with Crippen LogP contribution in [0.2, 0.25) is 0 Å². The Kier molecular flexibility index (Phi) is 5.86. The Balaban J connectivity index is 3.10. The van der Waals surface area contributed by atoms with Crippen molar-refractivity contribution in [2.24, 2.45) is 0 Å². The Bertz CT molecular complexity index is 613. The Labute approximate surface area is 124 Å². The average Bonchev–Trinajstić information content (AvgIpc) is 2.36. The lowest BCUT2D eigenvalue weighted by Gasteiger charge is -2.26. The van der Waals surface area contributed by atoms with E-state index in [1.54, 1.807) is 20.8 Å². The van der Waals surface area contributed by atoms with Crippen molar-refractivity contribution in [2.75, 3.05) is 6.54 Å². The highest BCUT2D eigenvalue weighted by atomic mass is 32.2. The Morgan fingerprint density at radius 1 is 1.38 bits per heavy atom. The Morgan fingerprint density at radius 2 is 2.00 bits per heavy atom. The van der Waals surface area contributed by atoms with Gasteiger partial charge in [0.05, 0.1) is 4.90 Å². The van der Waals surface area contributed by atoms with Gasteiger partial charge in [-0.2, -0.15) is 4.31 Å². The van der Waals surface area contributed by atoms with Gasteiger partial charge in [-0.1, -0.05) is 6.07 Å². The molecular weight excluding hydrogens is 297 g/mol. The monoisotopic (exact) mass is 317 g/mol. The van der Waals surface area contributed by atoms with Gasteiger partial charge >= 0.3 is 5.97 Å². The molecule has 0 heterocycles. The van der Waals surface area contributed by atoms with Crippen LogP contribution >= 0.6 is 0 Å². The summed E-state index contributed by atoms with van der Waals surface area (Å²) in [4.78, 5) is 10.5. The molecule has 0 fully saturated rings. The topological polar surface area (TPSA) is 74.7 Å². The van der Waals surface area contributed by atoms with Gasteiger partial charge in [-0.15, -0.1) is 0 Å². The molecule has 0 unspecified atom stereocenters. The summed E-state index contributed by atoms with van der Waals surface area (Å²) in [5, 5.41) is 8.65. The van der Waals surface area contributed by atoms with Crippen molar-refractivity contribution in [3.05, 3.63) is 29.6 Å². The van der Waals surface area contributed by atoms with Crippen molar-refractivity contribution < 1.29 is 22.7 Å². The molecule has 7 heteroatoms. The molecule has 1 N–H and O–H groups in total. The highest BCUT2D eigenvalue weighted by Crippen LogP contribution is 2.23. The summed E-state index contributed by atoms with van der Waals surface area (Å²) in [5.41, 5.74) is 0.459. The minimum Gasteiger partial charge on any atom is -0.481 e. The van der Waals surface area contributed by atoms with Gasteiger partial charge in [0.1, 0.15) is 5.82 Å². The van der Waals surface area contributed by atoms with Crippen molar-refractivity contribution in [1.82, 2.24) is 4.31 Å². The maximum Gasteiger partial charge on any atom is 0.303 e. The number of nitrogens with zero attached hydrogens (tertiary/aromatic N) is 1. The van der Waals surface area contributed by atoms with Crippen LogP contribution in [0.15, 0.2) is 23.1 Å². The third kappa shape index (κ3) is 4.50. The molecule has 0 aliphatic rings. The Hall–Kier alpha value is -1.47. The van der Waals surface area contributed by atoms with Crippen LogP contribution in [0.3, 0.4) is 0 Å². The van der Waals surface area contributed by atoms with Crippen LogP contribution in [0.25, 0.3) is 0 Å². The van der Waals surface area contributed by atoms with Gasteiger partial charge in [-0.3, -0.25) is 4.79 Å². The van der Waals surface area contributed by atoms with E-state index in [9.17, 15) is 17.6 Å². The van der Waals surface area contributed by atoms with Crippen molar-refractivity contribution in [3.8, 4) is 0 Å². The van der Waals surface area contributed by atoms with Gasteiger partial charge in [0.15, 0.2) is 0 Å². The number of carboxylic acid groups (broad SMARTS) is 1. The summed E-state index contributed by atoms with van der Waals surface area (Å²) < 4.78 is 39.8. The van der Waals surface area contributed by atoms with Gasteiger partial charge in [-0.25, -0.2) is 12.8 Å². The lowest BCUT2D eigenvalue weighted by atomic mass is 10.2. The largest absolute Gasteiger partial charge is 0.481 e. The summed E-state index contributed by atoms with van der Waals surface area (Å²) in [5.74, 6) is -1.59. The molecule has 1 aromatic carbocycles. The average molecular weight is 317 g/mol. The second-order valence-corrected chi connectivity index (χ2v) is 6.98. The second kappa shape index (κ2) is 7.00. The Morgan fingerprint density at radius 3 is 2.52 bits per heavy atom. The molecule has 0 spiro atoms. The van der Waals surface area contributed by atoms with Crippen LogP contribution in [0, 0.1) is 12.7 Å². The first-order valence-electron chi connectivity index (χ1n) is 6.66. The predicted molar refractivity (Wildman–Crippen MR) is 77.0 cm³/mol. The van der Waals surface area contributed by atoms with E-state index in [1.165, 1.54) is 16.4 Å². The number of halogens is 1. The lowest BCUT2D eigenvalue weighted by molar-refractivity contribution is -0.137. The summed E-state index contributed by atoms with van der Waals surface area (Å²) in [6.07, 6.45) is 0.0992. The number of aliphatic carboxylic acids is 1.